The molecular weight excluding hydrogens is 264 g/mol. The summed E-state index contributed by atoms with van der Waals surface area (Å²) < 4.78 is 5.28. The van der Waals surface area contributed by atoms with Crippen molar-refractivity contribution in [1.29, 1.82) is 0 Å². The highest BCUT2D eigenvalue weighted by molar-refractivity contribution is 5.85. The van der Waals surface area contributed by atoms with Crippen LogP contribution >= 0.6 is 12.4 Å². The molecule has 2 fully saturated rings. The largest absolute Gasteiger partial charge is 0.338 e. The van der Waals surface area contributed by atoms with E-state index in [9.17, 15) is 0 Å². The fourth-order valence-corrected chi connectivity index (χ4v) is 3.40. The summed E-state index contributed by atoms with van der Waals surface area (Å²) >= 11 is 0. The minimum absolute atomic E-state index is 0. The van der Waals surface area contributed by atoms with Gasteiger partial charge in [0, 0.05) is 25.2 Å². The summed E-state index contributed by atoms with van der Waals surface area (Å²) in [5.74, 6) is 1.50. The molecule has 1 aliphatic heterocycles. The molecule has 0 bridgehead atoms. The van der Waals surface area contributed by atoms with Crippen LogP contribution in [0.3, 0.4) is 0 Å². The van der Waals surface area contributed by atoms with Gasteiger partial charge in [0.15, 0.2) is 5.82 Å². The molecule has 1 aromatic heterocycles. The molecule has 1 aliphatic carbocycles. The maximum atomic E-state index is 5.28. The third-order valence-electron chi connectivity index (χ3n) is 4.36. The third kappa shape index (κ3) is 3.09. The molecule has 5 nitrogen and oxygen atoms in total. The Bertz CT molecular complexity index is 395. The first kappa shape index (κ1) is 14.8. The number of nitrogens with one attached hydrogen (secondary N) is 1. The molecule has 0 aromatic carbocycles. The average molecular weight is 287 g/mol. The Hall–Kier alpha value is -0.650. The molecule has 1 N–H and O–H groups in total. The van der Waals surface area contributed by atoms with Crippen molar-refractivity contribution in [2.24, 2.45) is 0 Å². The van der Waals surface area contributed by atoms with Gasteiger partial charge in [0.2, 0.25) is 5.89 Å². The van der Waals surface area contributed by atoms with Crippen molar-refractivity contribution in [3.05, 3.63) is 11.7 Å². The van der Waals surface area contributed by atoms with Gasteiger partial charge in [0.25, 0.3) is 0 Å². The second-order valence-electron chi connectivity index (χ2n) is 5.62. The Morgan fingerprint density at radius 2 is 2.11 bits per heavy atom. The number of nitrogens with zero attached hydrogens (tertiary/aromatic N) is 3. The molecule has 0 unspecified atom stereocenters. The van der Waals surface area contributed by atoms with Gasteiger partial charge in [-0.05, 0) is 19.8 Å². The Morgan fingerprint density at radius 3 is 2.79 bits per heavy atom. The molecule has 1 spiro atoms. The summed E-state index contributed by atoms with van der Waals surface area (Å²) in [5, 5.41) is 7.45. The fourth-order valence-electron chi connectivity index (χ4n) is 3.40. The summed E-state index contributed by atoms with van der Waals surface area (Å²) in [5.41, 5.74) is 0.332. The first-order valence-electron chi connectivity index (χ1n) is 7.03. The number of hydrogen-bond donors (Lipinski definition) is 1. The van der Waals surface area contributed by atoms with E-state index >= 15 is 0 Å². The second kappa shape index (κ2) is 6.20. The molecule has 0 radical (unpaired) electrons. The van der Waals surface area contributed by atoms with Gasteiger partial charge in [-0.25, -0.2) is 0 Å². The van der Waals surface area contributed by atoms with Crippen LogP contribution in [0, 0.1) is 6.92 Å². The maximum absolute atomic E-state index is 5.28. The predicted molar refractivity (Wildman–Crippen MR) is 75.4 cm³/mol. The van der Waals surface area contributed by atoms with Gasteiger partial charge in [0.05, 0.1) is 6.54 Å². The van der Waals surface area contributed by atoms with Crippen molar-refractivity contribution < 1.29 is 4.52 Å². The maximum Gasteiger partial charge on any atom is 0.240 e. The summed E-state index contributed by atoms with van der Waals surface area (Å²) in [7, 11) is 0. The standard InChI is InChI=1S/C13H22N4O.ClH/c1-11-15-12(18-16-11)9-17-8-7-14-10-13(17)5-3-2-4-6-13;/h14H,2-10H2,1H3;1H. The van der Waals surface area contributed by atoms with E-state index in [0.717, 1.165) is 37.9 Å². The molecule has 3 rings (SSSR count). The molecule has 1 saturated carbocycles. The van der Waals surface area contributed by atoms with Crippen molar-refractivity contribution >= 4 is 12.4 Å². The van der Waals surface area contributed by atoms with Crippen LogP contribution in [0.4, 0.5) is 0 Å². The van der Waals surface area contributed by atoms with E-state index < -0.39 is 0 Å². The Balaban J connectivity index is 0.00000133. The monoisotopic (exact) mass is 286 g/mol. The van der Waals surface area contributed by atoms with Crippen LogP contribution in [-0.2, 0) is 6.54 Å². The lowest BCUT2D eigenvalue weighted by molar-refractivity contribution is 0.0135. The Labute approximate surface area is 120 Å². The lowest BCUT2D eigenvalue weighted by Gasteiger charge is -2.49. The van der Waals surface area contributed by atoms with E-state index in [0.29, 0.717) is 5.54 Å². The molecule has 2 heterocycles. The summed E-state index contributed by atoms with van der Waals surface area (Å²) in [6.07, 6.45) is 6.68. The van der Waals surface area contributed by atoms with Crippen LogP contribution in [0.15, 0.2) is 4.52 Å². The van der Waals surface area contributed by atoms with E-state index in [4.69, 9.17) is 4.52 Å². The normalized spacial score (nSPS) is 23.2. The third-order valence-corrected chi connectivity index (χ3v) is 4.36. The summed E-state index contributed by atoms with van der Waals surface area (Å²) in [6.45, 7) is 5.94. The second-order valence-corrected chi connectivity index (χ2v) is 5.62. The highest BCUT2D eigenvalue weighted by Gasteiger charge is 2.40. The van der Waals surface area contributed by atoms with Gasteiger partial charge in [0.1, 0.15) is 0 Å². The quantitative estimate of drug-likeness (QED) is 0.900. The SMILES string of the molecule is Cc1noc(CN2CCNCC23CCCCC3)n1.Cl. The number of hydrogen-bond acceptors (Lipinski definition) is 5. The number of piperazine rings is 1. The molecule has 0 atom stereocenters. The highest BCUT2D eigenvalue weighted by Crippen LogP contribution is 2.35. The predicted octanol–water partition coefficient (Wildman–Crippen LogP) is 1.91. The highest BCUT2D eigenvalue weighted by atomic mass is 35.5. The van der Waals surface area contributed by atoms with Crippen molar-refractivity contribution in [1.82, 2.24) is 20.4 Å². The zero-order chi connectivity index (χ0) is 12.4. The zero-order valence-corrected chi connectivity index (χ0v) is 12.3. The topological polar surface area (TPSA) is 54.2 Å². The molecule has 6 heteroatoms. The molecule has 1 aromatic rings. The Kier molecular flexibility index (Phi) is 4.81. The molecule has 2 aliphatic rings. The summed E-state index contributed by atoms with van der Waals surface area (Å²) in [6, 6.07) is 0. The van der Waals surface area contributed by atoms with Crippen LogP contribution in [0.5, 0.6) is 0 Å². The van der Waals surface area contributed by atoms with Crippen molar-refractivity contribution in [3.63, 3.8) is 0 Å². The fraction of sp³-hybridized carbons (Fsp3) is 0.846. The van der Waals surface area contributed by atoms with Gasteiger partial charge in [-0.1, -0.05) is 24.4 Å². The molecule has 0 amide bonds. The van der Waals surface area contributed by atoms with Gasteiger partial charge < -0.3 is 9.84 Å². The van der Waals surface area contributed by atoms with Crippen molar-refractivity contribution in [3.8, 4) is 0 Å². The van der Waals surface area contributed by atoms with Crippen molar-refractivity contribution in [2.45, 2.75) is 51.1 Å². The van der Waals surface area contributed by atoms with E-state index in [1.165, 1.54) is 32.1 Å². The van der Waals surface area contributed by atoms with Crippen LogP contribution in [0.25, 0.3) is 0 Å². The van der Waals surface area contributed by atoms with Crippen LogP contribution in [0.1, 0.15) is 43.8 Å². The van der Waals surface area contributed by atoms with Crippen LogP contribution in [-0.4, -0.2) is 40.2 Å². The molecule has 1 saturated heterocycles. The molecule has 19 heavy (non-hydrogen) atoms. The van der Waals surface area contributed by atoms with E-state index in [1.807, 2.05) is 6.92 Å². The number of aryl methyl sites for hydroxylation is 1. The number of aromatic nitrogens is 2. The number of rotatable bonds is 2. The summed E-state index contributed by atoms with van der Waals surface area (Å²) in [4.78, 5) is 6.91. The van der Waals surface area contributed by atoms with Crippen LogP contribution in [0.2, 0.25) is 0 Å². The minimum atomic E-state index is 0. The number of halogens is 1. The lowest BCUT2D eigenvalue weighted by Crippen LogP contribution is -2.61. The minimum Gasteiger partial charge on any atom is -0.338 e. The van der Waals surface area contributed by atoms with Gasteiger partial charge in [-0.2, -0.15) is 4.98 Å². The van der Waals surface area contributed by atoms with Crippen molar-refractivity contribution in [2.75, 3.05) is 19.6 Å². The molecule has 108 valence electrons. The first-order chi connectivity index (χ1) is 8.78. The first-order valence-corrected chi connectivity index (χ1v) is 7.03. The molecular formula is C13H23ClN4O. The van der Waals surface area contributed by atoms with E-state index in [2.05, 4.69) is 20.4 Å². The lowest BCUT2D eigenvalue weighted by atomic mass is 9.79. The average Bonchev–Trinajstić information content (AvgIpc) is 2.79. The van der Waals surface area contributed by atoms with Gasteiger partial charge in [-0.3, -0.25) is 4.90 Å². The smallest absolute Gasteiger partial charge is 0.240 e. The van der Waals surface area contributed by atoms with E-state index in [1.54, 1.807) is 0 Å². The Morgan fingerprint density at radius 1 is 1.32 bits per heavy atom. The van der Waals surface area contributed by atoms with Gasteiger partial charge in [-0.15, -0.1) is 12.4 Å². The van der Waals surface area contributed by atoms with Gasteiger partial charge >= 0.3 is 0 Å². The van der Waals surface area contributed by atoms with Crippen LogP contribution < -0.4 is 5.32 Å². The van der Waals surface area contributed by atoms with E-state index in [-0.39, 0.29) is 12.4 Å². The zero-order valence-electron chi connectivity index (χ0n) is 11.5.